The summed E-state index contributed by atoms with van der Waals surface area (Å²) in [6.07, 6.45) is 0. The molecule has 0 aliphatic carbocycles. The molecule has 3 nitrogen and oxygen atoms in total. The zero-order valence-corrected chi connectivity index (χ0v) is 14.2. The number of hydrogen-bond acceptors (Lipinski definition) is 3. The number of nitrogens with zero attached hydrogens (tertiary/aromatic N) is 1. The highest BCUT2D eigenvalue weighted by atomic mass is 16.5. The largest absolute Gasteiger partial charge is 0.497 e. The van der Waals surface area contributed by atoms with Gasteiger partial charge in [0, 0.05) is 12.2 Å². The Labute approximate surface area is 133 Å². The van der Waals surface area contributed by atoms with Gasteiger partial charge >= 0.3 is 0 Å². The SMILES string of the molecule is COc1ccc(C(CNc2c(C)cccc2C)N(C)C)cc1. The Hall–Kier alpha value is -2.00. The van der Waals surface area contributed by atoms with E-state index in [1.54, 1.807) is 7.11 Å². The molecule has 3 heteroatoms. The lowest BCUT2D eigenvalue weighted by molar-refractivity contribution is 0.311. The first kappa shape index (κ1) is 16.4. The molecule has 2 aromatic rings. The molecule has 0 saturated carbocycles. The van der Waals surface area contributed by atoms with Crippen LogP contribution in [0.5, 0.6) is 5.75 Å². The number of para-hydroxylation sites is 1. The molecule has 118 valence electrons. The van der Waals surface area contributed by atoms with E-state index < -0.39 is 0 Å². The van der Waals surface area contributed by atoms with E-state index in [1.165, 1.54) is 22.4 Å². The monoisotopic (exact) mass is 298 g/mol. The van der Waals surface area contributed by atoms with E-state index in [4.69, 9.17) is 4.74 Å². The second-order valence-corrected chi connectivity index (χ2v) is 5.90. The third kappa shape index (κ3) is 3.80. The van der Waals surface area contributed by atoms with Crippen LogP contribution in [0.25, 0.3) is 0 Å². The number of aryl methyl sites for hydroxylation is 2. The summed E-state index contributed by atoms with van der Waals surface area (Å²) >= 11 is 0. The number of nitrogens with one attached hydrogen (secondary N) is 1. The zero-order valence-electron chi connectivity index (χ0n) is 14.2. The maximum Gasteiger partial charge on any atom is 0.118 e. The molecule has 0 radical (unpaired) electrons. The Balaban J connectivity index is 2.15. The molecule has 2 aromatic carbocycles. The van der Waals surface area contributed by atoms with Crippen molar-refractivity contribution in [1.82, 2.24) is 4.90 Å². The summed E-state index contributed by atoms with van der Waals surface area (Å²) in [5.41, 5.74) is 5.09. The molecular formula is C19H26N2O. The van der Waals surface area contributed by atoms with Crippen LogP contribution in [0.3, 0.4) is 0 Å². The zero-order chi connectivity index (χ0) is 16.1. The van der Waals surface area contributed by atoms with E-state index in [0.717, 1.165) is 12.3 Å². The van der Waals surface area contributed by atoms with Crippen molar-refractivity contribution in [2.45, 2.75) is 19.9 Å². The van der Waals surface area contributed by atoms with Crippen LogP contribution in [0.1, 0.15) is 22.7 Å². The Morgan fingerprint density at radius 2 is 1.59 bits per heavy atom. The third-order valence-corrected chi connectivity index (χ3v) is 4.08. The van der Waals surface area contributed by atoms with Gasteiger partial charge in [0.25, 0.3) is 0 Å². The number of likely N-dealkylation sites (N-methyl/N-ethyl adjacent to an activating group) is 1. The van der Waals surface area contributed by atoms with Crippen LogP contribution in [-0.2, 0) is 0 Å². The molecule has 2 rings (SSSR count). The van der Waals surface area contributed by atoms with Crippen molar-refractivity contribution < 1.29 is 4.74 Å². The Morgan fingerprint density at radius 3 is 2.09 bits per heavy atom. The molecule has 1 N–H and O–H groups in total. The van der Waals surface area contributed by atoms with Gasteiger partial charge in [-0.2, -0.15) is 0 Å². The Bertz CT molecular complexity index is 585. The van der Waals surface area contributed by atoms with E-state index in [2.05, 4.69) is 68.5 Å². The molecule has 1 atom stereocenters. The van der Waals surface area contributed by atoms with Gasteiger partial charge in [-0.3, -0.25) is 0 Å². The van der Waals surface area contributed by atoms with Crippen LogP contribution >= 0.6 is 0 Å². The fourth-order valence-corrected chi connectivity index (χ4v) is 2.72. The van der Waals surface area contributed by atoms with E-state index in [0.29, 0.717) is 6.04 Å². The topological polar surface area (TPSA) is 24.5 Å². The van der Waals surface area contributed by atoms with E-state index >= 15 is 0 Å². The lowest BCUT2D eigenvalue weighted by atomic mass is 10.0. The van der Waals surface area contributed by atoms with Crippen LogP contribution in [0.4, 0.5) is 5.69 Å². The molecule has 0 fully saturated rings. The van der Waals surface area contributed by atoms with Crippen molar-refractivity contribution in [2.75, 3.05) is 33.1 Å². The molecule has 22 heavy (non-hydrogen) atoms. The first-order valence-corrected chi connectivity index (χ1v) is 7.63. The summed E-state index contributed by atoms with van der Waals surface area (Å²) in [4.78, 5) is 2.24. The predicted octanol–water partition coefficient (Wildman–Crippen LogP) is 4.03. The molecule has 0 spiro atoms. The van der Waals surface area contributed by atoms with Gasteiger partial charge in [-0.1, -0.05) is 30.3 Å². The highest BCUT2D eigenvalue weighted by molar-refractivity contribution is 5.56. The number of anilines is 1. The van der Waals surface area contributed by atoms with Crippen molar-refractivity contribution in [3.8, 4) is 5.75 Å². The normalized spacial score (nSPS) is 12.3. The van der Waals surface area contributed by atoms with Gasteiger partial charge in [-0.15, -0.1) is 0 Å². The Morgan fingerprint density at radius 1 is 1.00 bits per heavy atom. The van der Waals surface area contributed by atoms with Crippen LogP contribution in [0.2, 0.25) is 0 Å². The maximum absolute atomic E-state index is 5.24. The van der Waals surface area contributed by atoms with Gasteiger partial charge in [-0.25, -0.2) is 0 Å². The Kier molecular flexibility index (Phi) is 5.45. The van der Waals surface area contributed by atoms with Crippen LogP contribution in [0.15, 0.2) is 42.5 Å². The summed E-state index contributed by atoms with van der Waals surface area (Å²) in [5, 5.41) is 3.62. The maximum atomic E-state index is 5.24. The summed E-state index contributed by atoms with van der Waals surface area (Å²) in [5.74, 6) is 0.893. The van der Waals surface area contributed by atoms with Gasteiger partial charge in [0.05, 0.1) is 13.2 Å². The van der Waals surface area contributed by atoms with Crippen LogP contribution in [0, 0.1) is 13.8 Å². The van der Waals surface area contributed by atoms with Crippen molar-refractivity contribution in [1.29, 1.82) is 0 Å². The molecule has 0 heterocycles. The minimum Gasteiger partial charge on any atom is -0.497 e. The lowest BCUT2D eigenvalue weighted by Gasteiger charge is -2.26. The lowest BCUT2D eigenvalue weighted by Crippen LogP contribution is -2.27. The molecule has 0 aromatic heterocycles. The molecule has 1 unspecified atom stereocenters. The van der Waals surface area contributed by atoms with Gasteiger partial charge in [0.2, 0.25) is 0 Å². The summed E-state index contributed by atoms with van der Waals surface area (Å²) in [6.45, 7) is 5.16. The van der Waals surface area contributed by atoms with E-state index in [-0.39, 0.29) is 0 Å². The fourth-order valence-electron chi connectivity index (χ4n) is 2.72. The molecular weight excluding hydrogens is 272 g/mol. The molecule has 0 aliphatic heterocycles. The quantitative estimate of drug-likeness (QED) is 0.871. The van der Waals surface area contributed by atoms with E-state index in [9.17, 15) is 0 Å². The predicted molar refractivity (Wildman–Crippen MR) is 93.8 cm³/mol. The number of hydrogen-bond donors (Lipinski definition) is 1. The summed E-state index contributed by atoms with van der Waals surface area (Å²) < 4.78 is 5.24. The first-order valence-electron chi connectivity index (χ1n) is 7.63. The van der Waals surface area contributed by atoms with Crippen molar-refractivity contribution in [3.05, 3.63) is 59.2 Å². The molecule has 0 aliphatic rings. The smallest absolute Gasteiger partial charge is 0.118 e. The van der Waals surface area contributed by atoms with Crippen molar-refractivity contribution in [2.24, 2.45) is 0 Å². The number of rotatable bonds is 6. The molecule has 0 bridgehead atoms. The standard InChI is InChI=1S/C19H26N2O/c1-14-7-6-8-15(2)19(14)20-13-18(21(3)4)16-9-11-17(22-5)12-10-16/h6-12,18,20H,13H2,1-5H3. The average Bonchev–Trinajstić information content (AvgIpc) is 2.50. The van der Waals surface area contributed by atoms with Gasteiger partial charge < -0.3 is 15.0 Å². The highest BCUT2D eigenvalue weighted by Gasteiger charge is 2.15. The minimum absolute atomic E-state index is 0.310. The first-order chi connectivity index (χ1) is 10.5. The summed E-state index contributed by atoms with van der Waals surface area (Å²) in [6, 6.07) is 15.0. The van der Waals surface area contributed by atoms with Crippen molar-refractivity contribution in [3.63, 3.8) is 0 Å². The minimum atomic E-state index is 0.310. The van der Waals surface area contributed by atoms with Crippen molar-refractivity contribution >= 4 is 5.69 Å². The molecule has 0 amide bonds. The number of benzene rings is 2. The summed E-state index contributed by atoms with van der Waals surface area (Å²) in [7, 11) is 5.92. The average molecular weight is 298 g/mol. The molecule has 0 saturated heterocycles. The number of ether oxygens (including phenoxy) is 1. The second kappa shape index (κ2) is 7.32. The number of methoxy groups -OCH3 is 1. The third-order valence-electron chi connectivity index (χ3n) is 4.08. The van der Waals surface area contributed by atoms with Gasteiger partial charge in [0.15, 0.2) is 0 Å². The van der Waals surface area contributed by atoms with Crippen LogP contribution < -0.4 is 10.1 Å². The highest BCUT2D eigenvalue weighted by Crippen LogP contribution is 2.24. The fraction of sp³-hybridized carbons (Fsp3) is 0.368. The van der Waals surface area contributed by atoms with Gasteiger partial charge in [-0.05, 0) is 56.8 Å². The second-order valence-electron chi connectivity index (χ2n) is 5.90. The van der Waals surface area contributed by atoms with E-state index in [1.807, 2.05) is 12.1 Å². The van der Waals surface area contributed by atoms with Gasteiger partial charge in [0.1, 0.15) is 5.75 Å². The van der Waals surface area contributed by atoms with Crippen LogP contribution in [-0.4, -0.2) is 32.6 Å².